The average Bonchev–Trinajstić information content (AvgIpc) is 2.36. The predicted octanol–water partition coefficient (Wildman–Crippen LogP) is 1.26. The average molecular weight is 255 g/mol. The van der Waals surface area contributed by atoms with E-state index in [0.717, 1.165) is 0 Å². The number of nitrogens with zero attached hydrogens (tertiary/aromatic N) is 3. The summed E-state index contributed by atoms with van der Waals surface area (Å²) in [5.41, 5.74) is -0.155. The molecule has 1 heterocycles. The maximum atomic E-state index is 10.8. The van der Waals surface area contributed by atoms with E-state index in [2.05, 4.69) is 20.6 Å². The summed E-state index contributed by atoms with van der Waals surface area (Å²) in [5, 5.41) is 16.5. The molecule has 2 N–H and O–H groups in total. The molecule has 0 aromatic carbocycles. The second-order valence-electron chi connectivity index (χ2n) is 3.58. The number of anilines is 2. The van der Waals surface area contributed by atoms with Gasteiger partial charge in [-0.25, -0.2) is 4.98 Å². The normalized spacial score (nSPS) is 11.9. The first-order valence-corrected chi connectivity index (χ1v) is 5.63. The van der Waals surface area contributed by atoms with Gasteiger partial charge in [0, 0.05) is 20.2 Å². The van der Waals surface area contributed by atoms with Crippen molar-refractivity contribution < 1.29 is 9.66 Å². The number of rotatable bonds is 7. The SMILES string of the molecule is CCOC(C)CNc1nc(NC)ncc1[N+](=O)[O-]. The van der Waals surface area contributed by atoms with E-state index in [9.17, 15) is 10.1 Å². The Morgan fingerprint density at radius 2 is 2.33 bits per heavy atom. The summed E-state index contributed by atoms with van der Waals surface area (Å²) in [4.78, 5) is 18.1. The van der Waals surface area contributed by atoms with Gasteiger partial charge in [0.2, 0.25) is 11.8 Å². The minimum atomic E-state index is -0.521. The summed E-state index contributed by atoms with van der Waals surface area (Å²) in [5.74, 6) is 0.512. The van der Waals surface area contributed by atoms with Crippen LogP contribution in [0.25, 0.3) is 0 Å². The van der Waals surface area contributed by atoms with E-state index in [1.807, 2.05) is 13.8 Å². The third-order valence-electron chi connectivity index (χ3n) is 2.20. The number of nitro groups is 1. The summed E-state index contributed by atoms with van der Waals surface area (Å²) in [7, 11) is 1.65. The first-order valence-electron chi connectivity index (χ1n) is 5.63. The first kappa shape index (κ1) is 14.1. The number of ether oxygens (including phenoxy) is 1. The van der Waals surface area contributed by atoms with E-state index >= 15 is 0 Å². The van der Waals surface area contributed by atoms with Gasteiger partial charge in [0.15, 0.2) is 0 Å². The number of hydrogen-bond acceptors (Lipinski definition) is 7. The lowest BCUT2D eigenvalue weighted by Crippen LogP contribution is -2.21. The van der Waals surface area contributed by atoms with Crippen molar-refractivity contribution in [1.29, 1.82) is 0 Å². The lowest BCUT2D eigenvalue weighted by molar-refractivity contribution is -0.384. The molecule has 1 rings (SSSR count). The van der Waals surface area contributed by atoms with Gasteiger partial charge in [-0.3, -0.25) is 10.1 Å². The van der Waals surface area contributed by atoms with Crippen LogP contribution < -0.4 is 10.6 Å². The lowest BCUT2D eigenvalue weighted by atomic mass is 10.4. The molecule has 1 aromatic heterocycles. The molecule has 0 amide bonds. The van der Waals surface area contributed by atoms with Crippen LogP contribution in [-0.4, -0.2) is 41.2 Å². The van der Waals surface area contributed by atoms with E-state index in [1.54, 1.807) is 7.05 Å². The van der Waals surface area contributed by atoms with Crippen LogP contribution in [0, 0.1) is 10.1 Å². The molecule has 0 fully saturated rings. The number of hydrogen-bond donors (Lipinski definition) is 2. The van der Waals surface area contributed by atoms with Gasteiger partial charge in [-0.1, -0.05) is 0 Å². The molecule has 100 valence electrons. The zero-order chi connectivity index (χ0) is 13.5. The van der Waals surface area contributed by atoms with Gasteiger partial charge in [0.05, 0.1) is 11.0 Å². The molecule has 1 atom stereocenters. The van der Waals surface area contributed by atoms with E-state index in [0.29, 0.717) is 19.1 Å². The smallest absolute Gasteiger partial charge is 0.329 e. The highest BCUT2D eigenvalue weighted by Gasteiger charge is 2.17. The molecule has 0 radical (unpaired) electrons. The molecule has 0 spiro atoms. The minimum absolute atomic E-state index is 0.0531. The van der Waals surface area contributed by atoms with Gasteiger partial charge in [-0.15, -0.1) is 0 Å². The number of aromatic nitrogens is 2. The topological polar surface area (TPSA) is 102 Å². The Labute approximate surface area is 105 Å². The molecule has 0 aliphatic carbocycles. The van der Waals surface area contributed by atoms with Crippen molar-refractivity contribution in [1.82, 2.24) is 9.97 Å². The van der Waals surface area contributed by atoms with Crippen LogP contribution in [0.15, 0.2) is 6.20 Å². The van der Waals surface area contributed by atoms with Crippen LogP contribution in [0.3, 0.4) is 0 Å². The Hall–Kier alpha value is -1.96. The zero-order valence-corrected chi connectivity index (χ0v) is 10.6. The Bertz CT molecular complexity index is 412. The molecule has 1 unspecified atom stereocenters. The molecule has 0 saturated carbocycles. The summed E-state index contributed by atoms with van der Waals surface area (Å²) in [6, 6.07) is 0. The summed E-state index contributed by atoms with van der Waals surface area (Å²) in [6.45, 7) is 4.80. The van der Waals surface area contributed by atoms with Crippen molar-refractivity contribution in [3.63, 3.8) is 0 Å². The maximum absolute atomic E-state index is 10.8. The fourth-order valence-electron chi connectivity index (χ4n) is 1.34. The first-order chi connectivity index (χ1) is 8.58. The van der Waals surface area contributed by atoms with E-state index in [4.69, 9.17) is 4.74 Å². The molecule has 18 heavy (non-hydrogen) atoms. The maximum Gasteiger partial charge on any atom is 0.329 e. The molecule has 1 aromatic rings. The highest BCUT2D eigenvalue weighted by atomic mass is 16.6. The second-order valence-corrected chi connectivity index (χ2v) is 3.58. The predicted molar refractivity (Wildman–Crippen MR) is 67.8 cm³/mol. The molecular formula is C10H17N5O3. The monoisotopic (exact) mass is 255 g/mol. The molecule has 0 aliphatic heterocycles. The van der Waals surface area contributed by atoms with Crippen molar-refractivity contribution >= 4 is 17.5 Å². The van der Waals surface area contributed by atoms with E-state index < -0.39 is 4.92 Å². The van der Waals surface area contributed by atoms with Crippen LogP contribution in [0.2, 0.25) is 0 Å². The molecule has 0 aliphatic rings. The Morgan fingerprint density at radius 3 is 2.89 bits per heavy atom. The second kappa shape index (κ2) is 6.70. The zero-order valence-electron chi connectivity index (χ0n) is 10.6. The van der Waals surface area contributed by atoms with Crippen LogP contribution in [0.5, 0.6) is 0 Å². The summed E-state index contributed by atoms with van der Waals surface area (Å²) in [6.07, 6.45) is 1.12. The number of nitrogens with one attached hydrogen (secondary N) is 2. The van der Waals surface area contributed by atoms with Crippen molar-refractivity contribution in [3.05, 3.63) is 16.3 Å². The van der Waals surface area contributed by atoms with Gasteiger partial charge in [-0.2, -0.15) is 4.98 Å². The van der Waals surface area contributed by atoms with Crippen LogP contribution >= 0.6 is 0 Å². The summed E-state index contributed by atoms with van der Waals surface area (Å²) >= 11 is 0. The highest BCUT2D eigenvalue weighted by molar-refractivity contribution is 5.56. The lowest BCUT2D eigenvalue weighted by Gasteiger charge is -2.13. The van der Waals surface area contributed by atoms with Crippen molar-refractivity contribution in [2.45, 2.75) is 20.0 Å². The standard InChI is InChI=1S/C10H17N5O3/c1-4-18-7(2)5-12-9-8(15(16)17)6-13-10(11-3)14-9/h6-7H,4-5H2,1-3H3,(H2,11,12,13,14). The Kier molecular flexibility index (Phi) is 5.25. The molecular weight excluding hydrogens is 238 g/mol. The largest absolute Gasteiger partial charge is 0.377 e. The molecule has 0 bridgehead atoms. The van der Waals surface area contributed by atoms with Crippen LogP contribution in [0.4, 0.5) is 17.5 Å². The fourth-order valence-corrected chi connectivity index (χ4v) is 1.34. The Morgan fingerprint density at radius 1 is 1.61 bits per heavy atom. The Balaban J connectivity index is 2.80. The summed E-state index contributed by atoms with van der Waals surface area (Å²) < 4.78 is 5.33. The quantitative estimate of drug-likeness (QED) is 0.558. The van der Waals surface area contributed by atoms with Crippen molar-refractivity contribution in [2.75, 3.05) is 30.8 Å². The van der Waals surface area contributed by atoms with Gasteiger partial charge in [0.1, 0.15) is 6.20 Å². The van der Waals surface area contributed by atoms with Gasteiger partial charge in [0.25, 0.3) is 0 Å². The van der Waals surface area contributed by atoms with Crippen LogP contribution in [-0.2, 0) is 4.74 Å². The van der Waals surface area contributed by atoms with Gasteiger partial charge in [-0.05, 0) is 13.8 Å². The minimum Gasteiger partial charge on any atom is -0.377 e. The van der Waals surface area contributed by atoms with Crippen molar-refractivity contribution in [2.24, 2.45) is 0 Å². The molecule has 8 heteroatoms. The van der Waals surface area contributed by atoms with E-state index in [-0.39, 0.29) is 17.6 Å². The van der Waals surface area contributed by atoms with E-state index in [1.165, 1.54) is 6.20 Å². The fraction of sp³-hybridized carbons (Fsp3) is 0.600. The van der Waals surface area contributed by atoms with Gasteiger partial charge < -0.3 is 15.4 Å². The third kappa shape index (κ3) is 3.81. The third-order valence-corrected chi connectivity index (χ3v) is 2.20. The van der Waals surface area contributed by atoms with Gasteiger partial charge >= 0.3 is 5.69 Å². The molecule has 8 nitrogen and oxygen atoms in total. The van der Waals surface area contributed by atoms with Crippen LogP contribution in [0.1, 0.15) is 13.8 Å². The highest BCUT2D eigenvalue weighted by Crippen LogP contribution is 2.21. The molecule has 0 saturated heterocycles. The van der Waals surface area contributed by atoms with Crippen molar-refractivity contribution in [3.8, 4) is 0 Å².